The Hall–Kier alpha value is -3.13. The summed E-state index contributed by atoms with van der Waals surface area (Å²) in [6.07, 6.45) is 1.40. The molecule has 0 aliphatic carbocycles. The molecule has 1 aromatic carbocycles. The minimum absolute atomic E-state index is 0.117. The molecule has 3 rings (SSSR count). The fraction of sp³-hybridized carbons (Fsp3) is 0.167. The topological polar surface area (TPSA) is 89.8 Å². The molecule has 2 aromatic rings. The van der Waals surface area contributed by atoms with Gasteiger partial charge in [0.1, 0.15) is 5.75 Å². The Labute approximate surface area is 155 Å². The van der Waals surface area contributed by atoms with Crippen LogP contribution >= 0.6 is 12.2 Å². The Kier molecular flexibility index (Phi) is 5.04. The van der Waals surface area contributed by atoms with Crippen LogP contribution in [-0.2, 0) is 9.53 Å². The number of carbonyl (C=O) groups is 2. The molecule has 0 fully saturated rings. The molecule has 0 amide bonds. The standard InChI is InChI=1S/C18H16N2O5S/c1-10-14(17(22)23-2)15(20-18(26)19-10)11-5-7-12(8-6-11)25-16(21)13-4-3-9-24-13/h3-9,15H,1-2H3,(H2,19,20,26)/t15-/m1/s1. The van der Waals surface area contributed by atoms with Crippen molar-refractivity contribution in [1.29, 1.82) is 0 Å². The number of benzene rings is 1. The number of thiocarbonyl (C=S) groups is 1. The maximum absolute atomic E-state index is 12.1. The molecule has 0 saturated carbocycles. The second-order valence-electron chi connectivity index (χ2n) is 5.50. The zero-order valence-electron chi connectivity index (χ0n) is 14.1. The quantitative estimate of drug-likeness (QED) is 0.481. The van der Waals surface area contributed by atoms with Crippen LogP contribution in [0.25, 0.3) is 0 Å². The minimum atomic E-state index is -0.588. The number of carbonyl (C=O) groups excluding carboxylic acids is 2. The van der Waals surface area contributed by atoms with Crippen LogP contribution < -0.4 is 15.4 Å². The van der Waals surface area contributed by atoms with Crippen LogP contribution in [0.2, 0.25) is 0 Å². The first-order valence-electron chi connectivity index (χ1n) is 7.72. The summed E-state index contributed by atoms with van der Waals surface area (Å²) in [6, 6.07) is 9.41. The molecule has 0 bridgehead atoms. The van der Waals surface area contributed by atoms with E-state index in [-0.39, 0.29) is 5.76 Å². The van der Waals surface area contributed by atoms with Crippen LogP contribution in [0.1, 0.15) is 29.1 Å². The number of methoxy groups -OCH3 is 1. The van der Waals surface area contributed by atoms with E-state index in [4.69, 9.17) is 26.1 Å². The van der Waals surface area contributed by atoms with E-state index < -0.39 is 18.0 Å². The van der Waals surface area contributed by atoms with Crippen molar-refractivity contribution in [1.82, 2.24) is 10.6 Å². The lowest BCUT2D eigenvalue weighted by Gasteiger charge is -2.29. The number of esters is 2. The molecule has 134 valence electrons. The zero-order valence-corrected chi connectivity index (χ0v) is 14.9. The molecule has 2 heterocycles. The van der Waals surface area contributed by atoms with Crippen LogP contribution in [0.4, 0.5) is 0 Å². The molecule has 0 radical (unpaired) electrons. The molecule has 8 heteroatoms. The maximum atomic E-state index is 12.1. The third-order valence-electron chi connectivity index (χ3n) is 3.82. The van der Waals surface area contributed by atoms with Gasteiger partial charge in [0.2, 0.25) is 5.76 Å². The average molecular weight is 372 g/mol. The van der Waals surface area contributed by atoms with E-state index in [9.17, 15) is 9.59 Å². The van der Waals surface area contributed by atoms with Crippen molar-refractivity contribution < 1.29 is 23.5 Å². The van der Waals surface area contributed by atoms with Gasteiger partial charge < -0.3 is 24.5 Å². The van der Waals surface area contributed by atoms with Crippen molar-refractivity contribution in [3.8, 4) is 5.75 Å². The van der Waals surface area contributed by atoms with Crippen molar-refractivity contribution in [2.45, 2.75) is 13.0 Å². The molecular weight excluding hydrogens is 356 g/mol. The molecular formula is C18H16N2O5S. The van der Waals surface area contributed by atoms with E-state index >= 15 is 0 Å². The second-order valence-corrected chi connectivity index (χ2v) is 5.91. The fourth-order valence-corrected chi connectivity index (χ4v) is 2.88. The van der Waals surface area contributed by atoms with Gasteiger partial charge in [-0.2, -0.15) is 0 Å². The first-order chi connectivity index (χ1) is 12.5. The average Bonchev–Trinajstić information content (AvgIpc) is 3.16. The predicted molar refractivity (Wildman–Crippen MR) is 96.4 cm³/mol. The lowest BCUT2D eigenvalue weighted by molar-refractivity contribution is -0.136. The molecule has 2 N–H and O–H groups in total. The van der Waals surface area contributed by atoms with Gasteiger partial charge in [-0.15, -0.1) is 0 Å². The van der Waals surface area contributed by atoms with Crippen molar-refractivity contribution in [3.05, 3.63) is 65.3 Å². The number of allylic oxidation sites excluding steroid dienone is 1. The predicted octanol–water partition coefficient (Wildman–Crippen LogP) is 2.46. The van der Waals surface area contributed by atoms with Gasteiger partial charge in [-0.25, -0.2) is 9.59 Å². The van der Waals surface area contributed by atoms with Gasteiger partial charge in [-0.3, -0.25) is 0 Å². The molecule has 7 nitrogen and oxygen atoms in total. The Morgan fingerprint density at radius 2 is 1.88 bits per heavy atom. The van der Waals surface area contributed by atoms with Crippen LogP contribution in [0, 0.1) is 0 Å². The Morgan fingerprint density at radius 3 is 2.50 bits per heavy atom. The Morgan fingerprint density at radius 1 is 1.15 bits per heavy atom. The van der Waals surface area contributed by atoms with Gasteiger partial charge in [-0.1, -0.05) is 12.1 Å². The van der Waals surface area contributed by atoms with Crippen molar-refractivity contribution in [3.63, 3.8) is 0 Å². The first kappa shape index (κ1) is 17.7. The molecule has 26 heavy (non-hydrogen) atoms. The Bertz CT molecular complexity index is 871. The van der Waals surface area contributed by atoms with E-state index in [1.165, 1.54) is 19.4 Å². The lowest BCUT2D eigenvalue weighted by atomic mass is 9.95. The van der Waals surface area contributed by atoms with Gasteiger partial charge in [0.15, 0.2) is 5.11 Å². The number of nitrogens with one attached hydrogen (secondary N) is 2. The highest BCUT2D eigenvalue weighted by Crippen LogP contribution is 2.28. The number of furan rings is 1. The third-order valence-corrected chi connectivity index (χ3v) is 4.04. The lowest BCUT2D eigenvalue weighted by Crippen LogP contribution is -2.45. The van der Waals surface area contributed by atoms with Gasteiger partial charge in [-0.05, 0) is 49.0 Å². The highest BCUT2D eigenvalue weighted by molar-refractivity contribution is 7.80. The van der Waals surface area contributed by atoms with E-state index in [2.05, 4.69) is 10.6 Å². The fourth-order valence-electron chi connectivity index (χ4n) is 2.60. The monoisotopic (exact) mass is 372 g/mol. The summed E-state index contributed by atoms with van der Waals surface area (Å²) in [5, 5.41) is 6.38. The second kappa shape index (κ2) is 7.40. The number of hydrogen-bond acceptors (Lipinski definition) is 6. The Balaban J connectivity index is 1.82. The highest BCUT2D eigenvalue weighted by Gasteiger charge is 2.30. The minimum Gasteiger partial charge on any atom is -0.466 e. The van der Waals surface area contributed by atoms with E-state index in [1.807, 2.05) is 0 Å². The smallest absolute Gasteiger partial charge is 0.379 e. The van der Waals surface area contributed by atoms with Gasteiger partial charge in [0.25, 0.3) is 0 Å². The number of hydrogen-bond donors (Lipinski definition) is 2. The highest BCUT2D eigenvalue weighted by atomic mass is 32.1. The molecule has 1 aromatic heterocycles. The number of rotatable bonds is 4. The summed E-state index contributed by atoms with van der Waals surface area (Å²) in [5.74, 6) is -0.573. The summed E-state index contributed by atoms with van der Waals surface area (Å²) in [7, 11) is 1.32. The summed E-state index contributed by atoms with van der Waals surface area (Å²) < 4.78 is 15.1. The number of ether oxygens (including phenoxy) is 2. The molecule has 0 spiro atoms. The van der Waals surface area contributed by atoms with Crippen LogP contribution in [0.5, 0.6) is 5.75 Å². The normalized spacial score (nSPS) is 16.5. The van der Waals surface area contributed by atoms with E-state index in [0.717, 1.165) is 5.56 Å². The molecule has 1 atom stereocenters. The summed E-state index contributed by atoms with van der Waals surface area (Å²) in [6.45, 7) is 1.76. The van der Waals surface area contributed by atoms with Crippen LogP contribution in [0.15, 0.2) is 58.3 Å². The van der Waals surface area contributed by atoms with Crippen molar-refractivity contribution in [2.24, 2.45) is 0 Å². The van der Waals surface area contributed by atoms with Crippen molar-refractivity contribution >= 4 is 29.3 Å². The molecule has 1 aliphatic heterocycles. The maximum Gasteiger partial charge on any atom is 0.379 e. The first-order valence-corrected chi connectivity index (χ1v) is 8.12. The molecule has 0 unspecified atom stereocenters. The SMILES string of the molecule is COC(=O)C1=C(C)NC(=S)N[C@@H]1c1ccc(OC(=O)c2ccco2)cc1. The van der Waals surface area contributed by atoms with E-state index in [1.54, 1.807) is 37.3 Å². The molecule has 0 saturated heterocycles. The van der Waals surface area contributed by atoms with Crippen LogP contribution in [0.3, 0.4) is 0 Å². The summed E-state index contributed by atoms with van der Waals surface area (Å²) in [4.78, 5) is 24.0. The van der Waals surface area contributed by atoms with E-state index in [0.29, 0.717) is 22.1 Å². The zero-order chi connectivity index (χ0) is 18.7. The van der Waals surface area contributed by atoms with Crippen molar-refractivity contribution in [2.75, 3.05) is 7.11 Å². The van der Waals surface area contributed by atoms with Crippen LogP contribution in [-0.4, -0.2) is 24.2 Å². The largest absolute Gasteiger partial charge is 0.466 e. The third kappa shape index (κ3) is 3.60. The van der Waals surface area contributed by atoms with Gasteiger partial charge in [0.05, 0.1) is 25.0 Å². The van der Waals surface area contributed by atoms with Gasteiger partial charge >= 0.3 is 11.9 Å². The van der Waals surface area contributed by atoms with Gasteiger partial charge in [0, 0.05) is 5.70 Å². The summed E-state index contributed by atoms with van der Waals surface area (Å²) in [5.41, 5.74) is 1.83. The summed E-state index contributed by atoms with van der Waals surface area (Å²) >= 11 is 5.18. The molecule has 1 aliphatic rings.